The van der Waals surface area contributed by atoms with Crippen molar-refractivity contribution >= 4 is 5.91 Å². The molecule has 0 aliphatic carbocycles. The molecule has 0 bridgehead atoms. The first-order valence-corrected chi connectivity index (χ1v) is 8.05. The molecule has 2 rings (SSSR count). The van der Waals surface area contributed by atoms with Crippen molar-refractivity contribution < 1.29 is 19.0 Å². The van der Waals surface area contributed by atoms with Crippen molar-refractivity contribution in [3.63, 3.8) is 0 Å². The number of nitrogens with zero attached hydrogens (tertiary/aromatic N) is 2. The molecule has 0 radical (unpaired) electrons. The average molecular weight is 324 g/mol. The van der Waals surface area contributed by atoms with Crippen LogP contribution in [0, 0.1) is 12.7 Å². The maximum absolute atomic E-state index is 13.6. The molecule has 1 aliphatic rings. The molecule has 23 heavy (non-hydrogen) atoms. The number of carbonyl (C=O) groups is 1. The van der Waals surface area contributed by atoms with Gasteiger partial charge in [-0.25, -0.2) is 4.39 Å². The summed E-state index contributed by atoms with van der Waals surface area (Å²) in [6.07, 6.45) is -0.511. The molecule has 0 spiro atoms. The Kier molecular flexibility index (Phi) is 6.50. The molecule has 1 unspecified atom stereocenters. The SMILES string of the molecule is CCOCC(O)CN1CCN(C(=O)c2ccc(C)c(F)c2)CC1. The van der Waals surface area contributed by atoms with Gasteiger partial charge < -0.3 is 14.7 Å². The van der Waals surface area contributed by atoms with Gasteiger partial charge in [-0.1, -0.05) is 6.07 Å². The lowest BCUT2D eigenvalue weighted by molar-refractivity contribution is 0.0111. The van der Waals surface area contributed by atoms with Crippen molar-refractivity contribution in [2.24, 2.45) is 0 Å². The van der Waals surface area contributed by atoms with Crippen LogP contribution in [0.4, 0.5) is 4.39 Å². The molecule has 128 valence electrons. The number of benzene rings is 1. The fourth-order valence-electron chi connectivity index (χ4n) is 2.65. The largest absolute Gasteiger partial charge is 0.389 e. The van der Waals surface area contributed by atoms with E-state index in [2.05, 4.69) is 4.90 Å². The maximum Gasteiger partial charge on any atom is 0.254 e. The smallest absolute Gasteiger partial charge is 0.254 e. The number of carbonyl (C=O) groups excluding carboxylic acids is 1. The summed E-state index contributed by atoms with van der Waals surface area (Å²) < 4.78 is 18.8. The quantitative estimate of drug-likeness (QED) is 0.857. The van der Waals surface area contributed by atoms with Gasteiger partial charge in [-0.3, -0.25) is 9.69 Å². The third-order valence-corrected chi connectivity index (χ3v) is 4.06. The summed E-state index contributed by atoms with van der Waals surface area (Å²) in [6, 6.07) is 4.59. The van der Waals surface area contributed by atoms with Crippen molar-refractivity contribution in [1.82, 2.24) is 9.80 Å². The summed E-state index contributed by atoms with van der Waals surface area (Å²) in [6.45, 7) is 7.59. The Labute approximate surface area is 136 Å². The number of aryl methyl sites for hydroxylation is 1. The number of hydrogen-bond acceptors (Lipinski definition) is 4. The van der Waals surface area contributed by atoms with Crippen LogP contribution in [-0.4, -0.2) is 72.9 Å². The summed E-state index contributed by atoms with van der Waals surface area (Å²) >= 11 is 0. The molecule has 1 fully saturated rings. The van der Waals surface area contributed by atoms with E-state index in [4.69, 9.17) is 4.74 Å². The Hall–Kier alpha value is -1.50. The van der Waals surface area contributed by atoms with Gasteiger partial charge in [-0.15, -0.1) is 0 Å². The Morgan fingerprint density at radius 3 is 2.65 bits per heavy atom. The minimum Gasteiger partial charge on any atom is -0.389 e. The number of rotatable bonds is 6. The summed E-state index contributed by atoms with van der Waals surface area (Å²) in [7, 11) is 0. The van der Waals surface area contributed by atoms with Crippen LogP contribution in [0.25, 0.3) is 0 Å². The van der Waals surface area contributed by atoms with Gasteiger partial charge in [0.15, 0.2) is 0 Å². The molecule has 1 aromatic rings. The molecule has 6 heteroatoms. The Bertz CT molecular complexity index is 531. The summed E-state index contributed by atoms with van der Waals surface area (Å²) in [5.41, 5.74) is 0.924. The van der Waals surface area contributed by atoms with Crippen molar-refractivity contribution in [3.05, 3.63) is 35.1 Å². The van der Waals surface area contributed by atoms with Gasteiger partial charge in [0.1, 0.15) is 5.82 Å². The molecule has 1 amide bonds. The zero-order valence-electron chi connectivity index (χ0n) is 13.8. The number of aliphatic hydroxyl groups excluding tert-OH is 1. The number of aliphatic hydroxyl groups is 1. The average Bonchev–Trinajstić information content (AvgIpc) is 2.55. The lowest BCUT2D eigenvalue weighted by atomic mass is 10.1. The molecule has 1 aromatic carbocycles. The molecule has 5 nitrogen and oxygen atoms in total. The Morgan fingerprint density at radius 1 is 1.35 bits per heavy atom. The van der Waals surface area contributed by atoms with Crippen LogP contribution in [0.1, 0.15) is 22.8 Å². The van der Waals surface area contributed by atoms with E-state index in [0.717, 1.165) is 0 Å². The topological polar surface area (TPSA) is 53.0 Å². The highest BCUT2D eigenvalue weighted by molar-refractivity contribution is 5.94. The number of halogens is 1. The highest BCUT2D eigenvalue weighted by Gasteiger charge is 2.23. The standard InChI is InChI=1S/C17H25FN2O3/c1-3-23-12-15(21)11-19-6-8-20(9-7-19)17(22)14-5-4-13(2)16(18)10-14/h4-5,10,15,21H,3,6-9,11-12H2,1-2H3. The van der Waals surface area contributed by atoms with Crippen LogP contribution >= 0.6 is 0 Å². The van der Waals surface area contributed by atoms with Crippen LogP contribution in [0.2, 0.25) is 0 Å². The van der Waals surface area contributed by atoms with Crippen LogP contribution < -0.4 is 0 Å². The number of piperazine rings is 1. The number of ether oxygens (including phenoxy) is 1. The van der Waals surface area contributed by atoms with E-state index in [0.29, 0.717) is 57.1 Å². The summed E-state index contributed by atoms with van der Waals surface area (Å²) in [5, 5.41) is 9.85. The predicted molar refractivity (Wildman–Crippen MR) is 86.0 cm³/mol. The zero-order chi connectivity index (χ0) is 16.8. The molecule has 1 atom stereocenters. The van der Waals surface area contributed by atoms with Crippen LogP contribution in [0.5, 0.6) is 0 Å². The van der Waals surface area contributed by atoms with E-state index in [9.17, 15) is 14.3 Å². The van der Waals surface area contributed by atoms with Gasteiger partial charge in [0, 0.05) is 44.9 Å². The number of amides is 1. The van der Waals surface area contributed by atoms with Crippen LogP contribution in [0.3, 0.4) is 0 Å². The second-order valence-electron chi connectivity index (χ2n) is 5.87. The van der Waals surface area contributed by atoms with E-state index >= 15 is 0 Å². The summed E-state index contributed by atoms with van der Waals surface area (Å²) in [4.78, 5) is 16.3. The van der Waals surface area contributed by atoms with E-state index in [-0.39, 0.29) is 11.7 Å². The molecule has 1 saturated heterocycles. The number of hydrogen-bond donors (Lipinski definition) is 1. The molecule has 1 N–H and O–H groups in total. The monoisotopic (exact) mass is 324 g/mol. The number of β-amino-alcohol motifs (C(OH)–C–C–N with tert-alkyl or cyclic N) is 1. The van der Waals surface area contributed by atoms with Crippen LogP contribution in [0.15, 0.2) is 18.2 Å². The predicted octanol–water partition coefficient (Wildman–Crippen LogP) is 1.29. The first-order chi connectivity index (χ1) is 11.0. The minimum absolute atomic E-state index is 0.140. The van der Waals surface area contributed by atoms with Crippen molar-refractivity contribution in [3.8, 4) is 0 Å². The molecular weight excluding hydrogens is 299 g/mol. The third-order valence-electron chi connectivity index (χ3n) is 4.06. The Balaban J connectivity index is 1.83. The van der Waals surface area contributed by atoms with Crippen molar-refractivity contribution in [2.75, 3.05) is 45.9 Å². The molecule has 1 heterocycles. The normalized spacial score (nSPS) is 17.3. The van der Waals surface area contributed by atoms with Gasteiger partial charge in [0.2, 0.25) is 0 Å². The second kappa shape index (κ2) is 8.38. The summed E-state index contributed by atoms with van der Waals surface area (Å²) in [5.74, 6) is -0.494. The van der Waals surface area contributed by atoms with Gasteiger partial charge in [0.05, 0.1) is 12.7 Å². The molecule has 0 saturated carbocycles. The lowest BCUT2D eigenvalue weighted by Gasteiger charge is -2.35. The molecule has 1 aliphatic heterocycles. The van der Waals surface area contributed by atoms with Gasteiger partial charge in [0.25, 0.3) is 5.91 Å². The maximum atomic E-state index is 13.6. The first kappa shape index (κ1) is 17.8. The van der Waals surface area contributed by atoms with Gasteiger partial charge in [-0.2, -0.15) is 0 Å². The highest BCUT2D eigenvalue weighted by atomic mass is 19.1. The Morgan fingerprint density at radius 2 is 2.04 bits per heavy atom. The fourth-order valence-corrected chi connectivity index (χ4v) is 2.65. The van der Waals surface area contributed by atoms with E-state index in [1.54, 1.807) is 24.0 Å². The fraction of sp³-hybridized carbons (Fsp3) is 0.588. The lowest BCUT2D eigenvalue weighted by Crippen LogP contribution is -2.50. The second-order valence-corrected chi connectivity index (χ2v) is 5.87. The highest BCUT2D eigenvalue weighted by Crippen LogP contribution is 2.13. The van der Waals surface area contributed by atoms with E-state index < -0.39 is 6.10 Å². The molecule has 0 aromatic heterocycles. The van der Waals surface area contributed by atoms with Gasteiger partial charge >= 0.3 is 0 Å². The minimum atomic E-state index is -0.511. The van der Waals surface area contributed by atoms with E-state index in [1.165, 1.54) is 6.07 Å². The first-order valence-electron chi connectivity index (χ1n) is 8.05. The van der Waals surface area contributed by atoms with Crippen molar-refractivity contribution in [1.29, 1.82) is 0 Å². The third kappa shape index (κ3) is 4.99. The van der Waals surface area contributed by atoms with Crippen LogP contribution in [-0.2, 0) is 4.74 Å². The zero-order valence-corrected chi connectivity index (χ0v) is 13.8. The molecular formula is C17H25FN2O3. The van der Waals surface area contributed by atoms with Crippen molar-refractivity contribution in [2.45, 2.75) is 20.0 Å². The van der Waals surface area contributed by atoms with Gasteiger partial charge in [-0.05, 0) is 31.5 Å². The van der Waals surface area contributed by atoms with E-state index in [1.807, 2.05) is 6.92 Å².